The number of thiophene rings is 1. The Labute approximate surface area is 132 Å². The van der Waals surface area contributed by atoms with E-state index < -0.39 is 0 Å². The Morgan fingerprint density at radius 2 is 2.11 bits per heavy atom. The van der Waals surface area contributed by atoms with Crippen molar-refractivity contribution in [3.05, 3.63) is 61.2 Å². The van der Waals surface area contributed by atoms with Crippen molar-refractivity contribution in [2.45, 2.75) is 6.54 Å². The first kappa shape index (κ1) is 14.5. The fourth-order valence-electron chi connectivity index (χ4n) is 1.47. The Balaban J connectivity index is 1.86. The molecule has 0 bridgehead atoms. The summed E-state index contributed by atoms with van der Waals surface area (Å²) in [4.78, 5) is 12.7. The van der Waals surface area contributed by atoms with E-state index in [9.17, 15) is 4.79 Å². The predicted octanol–water partition coefficient (Wildman–Crippen LogP) is 4.60. The third-order valence-corrected chi connectivity index (χ3v) is 4.43. The summed E-state index contributed by atoms with van der Waals surface area (Å²) in [6, 6.07) is 11.8. The van der Waals surface area contributed by atoms with Crippen molar-refractivity contribution >= 4 is 55.2 Å². The second-order valence-electron chi connectivity index (χ2n) is 3.82. The number of benzene rings is 1. The summed E-state index contributed by atoms with van der Waals surface area (Å²) in [7, 11) is 0. The zero-order valence-electron chi connectivity index (χ0n) is 9.90. The quantitative estimate of drug-likeness (QED) is 0.746. The molecule has 0 saturated heterocycles. The average molecular weight is 401 g/mol. The first-order chi connectivity index (χ1) is 9.13. The fourth-order valence-corrected chi connectivity index (χ4v) is 3.24. The van der Waals surface area contributed by atoms with Crippen LogP contribution in [0.5, 0.6) is 0 Å². The normalized spacial score (nSPS) is 10.8. The molecule has 1 aromatic heterocycles. The number of carbonyl (C=O) groups excluding carboxylic acids is 1. The molecule has 2 aromatic rings. The highest BCUT2D eigenvalue weighted by molar-refractivity contribution is 9.11. The predicted molar refractivity (Wildman–Crippen MR) is 87.0 cm³/mol. The summed E-state index contributed by atoms with van der Waals surface area (Å²) >= 11 is 8.38. The number of halogens is 2. The second-order valence-corrected chi connectivity index (χ2v) is 7.23. The van der Waals surface area contributed by atoms with Crippen LogP contribution < -0.4 is 5.32 Å². The van der Waals surface area contributed by atoms with E-state index in [0.29, 0.717) is 6.54 Å². The van der Waals surface area contributed by atoms with Gasteiger partial charge in [0.1, 0.15) is 0 Å². The molecule has 98 valence electrons. The van der Waals surface area contributed by atoms with Crippen molar-refractivity contribution in [3.63, 3.8) is 0 Å². The molecule has 0 spiro atoms. The number of hydrogen-bond acceptors (Lipinski definition) is 2. The lowest BCUT2D eigenvalue weighted by Gasteiger charge is -2.02. The highest BCUT2D eigenvalue weighted by Crippen LogP contribution is 2.22. The van der Waals surface area contributed by atoms with Crippen LogP contribution in [0.25, 0.3) is 6.08 Å². The minimum Gasteiger partial charge on any atom is -0.348 e. The molecule has 1 aromatic carbocycles. The van der Waals surface area contributed by atoms with Crippen molar-refractivity contribution in [2.24, 2.45) is 0 Å². The van der Waals surface area contributed by atoms with Crippen LogP contribution in [0.15, 0.2) is 50.7 Å². The molecule has 1 N–H and O–H groups in total. The van der Waals surface area contributed by atoms with Gasteiger partial charge in [0.2, 0.25) is 5.91 Å². The third-order valence-electron chi connectivity index (χ3n) is 2.35. The number of rotatable bonds is 4. The summed E-state index contributed by atoms with van der Waals surface area (Å²) < 4.78 is 2.07. The summed E-state index contributed by atoms with van der Waals surface area (Å²) in [5.41, 5.74) is 1.06. The van der Waals surface area contributed by atoms with Crippen molar-refractivity contribution < 1.29 is 4.79 Å². The van der Waals surface area contributed by atoms with Gasteiger partial charge in [0, 0.05) is 22.0 Å². The minimum absolute atomic E-state index is 0.0931. The van der Waals surface area contributed by atoms with Gasteiger partial charge in [-0.1, -0.05) is 28.1 Å². The average Bonchev–Trinajstić information content (AvgIpc) is 2.80. The topological polar surface area (TPSA) is 29.1 Å². The Hall–Kier alpha value is -0.910. The molecule has 0 aliphatic carbocycles. The number of hydrogen-bond donors (Lipinski definition) is 1. The zero-order chi connectivity index (χ0) is 13.7. The van der Waals surface area contributed by atoms with Gasteiger partial charge in [-0.15, -0.1) is 11.3 Å². The van der Waals surface area contributed by atoms with Crippen LogP contribution in [0, 0.1) is 0 Å². The molecular weight excluding hydrogens is 390 g/mol. The van der Waals surface area contributed by atoms with Gasteiger partial charge in [-0.2, -0.15) is 0 Å². The van der Waals surface area contributed by atoms with Gasteiger partial charge in [0.25, 0.3) is 0 Å². The summed E-state index contributed by atoms with van der Waals surface area (Å²) in [6.45, 7) is 0.525. The molecule has 1 amide bonds. The Morgan fingerprint density at radius 1 is 1.26 bits per heavy atom. The third kappa shape index (κ3) is 4.93. The standard InChI is InChI=1S/C14H11Br2NOS/c15-11-3-1-2-10(8-11)9-17-14(18)7-5-12-4-6-13(16)19-12/h1-8H,9H2,(H,17,18)/b7-5+. The monoisotopic (exact) mass is 399 g/mol. The molecule has 19 heavy (non-hydrogen) atoms. The van der Waals surface area contributed by atoms with Crippen molar-refractivity contribution in [1.82, 2.24) is 5.32 Å². The van der Waals surface area contributed by atoms with Crippen LogP contribution in [0.2, 0.25) is 0 Å². The van der Waals surface area contributed by atoms with Gasteiger partial charge in [0.05, 0.1) is 3.79 Å². The first-order valence-electron chi connectivity index (χ1n) is 5.59. The lowest BCUT2D eigenvalue weighted by atomic mass is 10.2. The highest BCUT2D eigenvalue weighted by atomic mass is 79.9. The van der Waals surface area contributed by atoms with Crippen LogP contribution in [-0.4, -0.2) is 5.91 Å². The van der Waals surface area contributed by atoms with Gasteiger partial charge in [-0.3, -0.25) is 4.79 Å². The smallest absolute Gasteiger partial charge is 0.244 e. The molecule has 0 unspecified atom stereocenters. The van der Waals surface area contributed by atoms with E-state index in [1.807, 2.05) is 42.5 Å². The van der Waals surface area contributed by atoms with E-state index in [-0.39, 0.29) is 5.91 Å². The zero-order valence-corrected chi connectivity index (χ0v) is 13.9. The summed E-state index contributed by atoms with van der Waals surface area (Å²) in [5, 5.41) is 2.85. The first-order valence-corrected chi connectivity index (χ1v) is 7.99. The molecular formula is C14H11Br2NOS. The molecule has 2 rings (SSSR count). The Morgan fingerprint density at radius 3 is 2.79 bits per heavy atom. The van der Waals surface area contributed by atoms with Gasteiger partial charge in [-0.25, -0.2) is 0 Å². The summed E-state index contributed by atoms with van der Waals surface area (Å²) in [5.74, 6) is -0.0931. The van der Waals surface area contributed by atoms with Crippen LogP contribution in [0.1, 0.15) is 10.4 Å². The van der Waals surface area contributed by atoms with Crippen molar-refractivity contribution in [3.8, 4) is 0 Å². The van der Waals surface area contributed by atoms with E-state index in [1.165, 1.54) is 0 Å². The number of carbonyl (C=O) groups is 1. The largest absolute Gasteiger partial charge is 0.348 e. The maximum Gasteiger partial charge on any atom is 0.244 e. The van der Waals surface area contributed by atoms with E-state index in [4.69, 9.17) is 0 Å². The van der Waals surface area contributed by atoms with Crippen molar-refractivity contribution in [2.75, 3.05) is 0 Å². The SMILES string of the molecule is O=C(/C=C/c1ccc(Br)s1)NCc1cccc(Br)c1. The molecule has 0 radical (unpaired) electrons. The van der Waals surface area contributed by atoms with Crippen molar-refractivity contribution in [1.29, 1.82) is 0 Å². The van der Waals surface area contributed by atoms with Gasteiger partial charge in [-0.05, 0) is 51.8 Å². The molecule has 0 saturated carbocycles. The molecule has 0 fully saturated rings. The van der Waals surface area contributed by atoms with Gasteiger partial charge >= 0.3 is 0 Å². The highest BCUT2D eigenvalue weighted by Gasteiger charge is 1.98. The Kier molecular flexibility index (Phi) is 5.36. The Bertz CT molecular complexity index is 607. The molecule has 1 heterocycles. The van der Waals surface area contributed by atoms with Crippen LogP contribution in [0.3, 0.4) is 0 Å². The van der Waals surface area contributed by atoms with E-state index in [1.54, 1.807) is 17.4 Å². The van der Waals surface area contributed by atoms with Crippen LogP contribution >= 0.6 is 43.2 Å². The molecule has 5 heteroatoms. The van der Waals surface area contributed by atoms with Gasteiger partial charge < -0.3 is 5.32 Å². The van der Waals surface area contributed by atoms with Crippen LogP contribution in [0.4, 0.5) is 0 Å². The van der Waals surface area contributed by atoms with E-state index in [2.05, 4.69) is 37.2 Å². The molecule has 0 aliphatic rings. The lowest BCUT2D eigenvalue weighted by Crippen LogP contribution is -2.20. The fraction of sp³-hybridized carbons (Fsp3) is 0.0714. The number of amides is 1. The van der Waals surface area contributed by atoms with E-state index >= 15 is 0 Å². The number of nitrogens with one attached hydrogen (secondary N) is 1. The minimum atomic E-state index is -0.0931. The van der Waals surface area contributed by atoms with Crippen LogP contribution in [-0.2, 0) is 11.3 Å². The molecule has 0 atom stereocenters. The van der Waals surface area contributed by atoms with E-state index in [0.717, 1.165) is 18.7 Å². The molecule has 2 nitrogen and oxygen atoms in total. The maximum absolute atomic E-state index is 11.7. The molecule has 0 aliphatic heterocycles. The van der Waals surface area contributed by atoms with Gasteiger partial charge in [0.15, 0.2) is 0 Å². The second kappa shape index (κ2) is 7.03. The maximum atomic E-state index is 11.7. The summed E-state index contributed by atoms with van der Waals surface area (Å²) in [6.07, 6.45) is 3.36. The lowest BCUT2D eigenvalue weighted by molar-refractivity contribution is -0.116.